The summed E-state index contributed by atoms with van der Waals surface area (Å²) >= 11 is 7.00. The molecule has 0 atom stereocenters. The van der Waals surface area contributed by atoms with Crippen molar-refractivity contribution in [3.05, 3.63) is 64.4 Å². The highest BCUT2D eigenvalue weighted by molar-refractivity contribution is 7.98. The second-order valence-corrected chi connectivity index (χ2v) is 6.32. The van der Waals surface area contributed by atoms with Crippen molar-refractivity contribution < 1.29 is 0 Å². The predicted octanol–water partition coefficient (Wildman–Crippen LogP) is 4.52. The number of thioether (sulfide) groups is 1. The summed E-state index contributed by atoms with van der Waals surface area (Å²) in [6.45, 7) is 2.05. The number of H-pyrrole nitrogens is 1. The van der Waals surface area contributed by atoms with Crippen LogP contribution in [-0.4, -0.2) is 27.3 Å². The average molecular weight is 340 g/mol. The maximum Gasteiger partial charge on any atom is 0.216 e. The molecule has 0 aliphatic carbocycles. The van der Waals surface area contributed by atoms with Crippen LogP contribution in [-0.2, 0) is 0 Å². The largest absolute Gasteiger partial charge is 0.250 e. The Hall–Kier alpha value is -2.18. The minimum atomic E-state index is 0.471. The zero-order valence-electron chi connectivity index (χ0n) is 12.9. The van der Waals surface area contributed by atoms with Gasteiger partial charge in [-0.15, -0.1) is 11.8 Å². The van der Waals surface area contributed by atoms with E-state index in [4.69, 9.17) is 12.2 Å². The van der Waals surface area contributed by atoms with Crippen LogP contribution in [0.4, 0.5) is 0 Å². The van der Waals surface area contributed by atoms with Crippen LogP contribution in [0.3, 0.4) is 0 Å². The lowest BCUT2D eigenvalue weighted by atomic mass is 10.1. The lowest BCUT2D eigenvalue weighted by molar-refractivity contribution is 0.871. The molecule has 0 saturated heterocycles. The molecular weight excluding hydrogens is 324 g/mol. The van der Waals surface area contributed by atoms with Gasteiger partial charge in [-0.25, -0.2) is 5.10 Å². The Labute approximate surface area is 144 Å². The maximum atomic E-state index is 5.29. The fourth-order valence-corrected chi connectivity index (χ4v) is 2.77. The lowest BCUT2D eigenvalue weighted by Crippen LogP contribution is -1.95. The summed E-state index contributed by atoms with van der Waals surface area (Å²) < 4.78 is 2.12. The first kappa shape index (κ1) is 15.7. The fourth-order valence-electron chi connectivity index (χ4n) is 2.18. The number of aromatic amines is 1. The van der Waals surface area contributed by atoms with Crippen LogP contribution >= 0.6 is 24.0 Å². The molecule has 23 heavy (non-hydrogen) atoms. The molecule has 116 valence electrons. The minimum Gasteiger partial charge on any atom is -0.250 e. The minimum absolute atomic E-state index is 0.471. The van der Waals surface area contributed by atoms with Crippen LogP contribution in [0.15, 0.2) is 58.5 Å². The molecule has 0 aliphatic rings. The van der Waals surface area contributed by atoms with Crippen molar-refractivity contribution in [2.45, 2.75) is 11.8 Å². The van der Waals surface area contributed by atoms with Crippen LogP contribution in [0.5, 0.6) is 0 Å². The third kappa shape index (κ3) is 3.60. The van der Waals surface area contributed by atoms with E-state index < -0.39 is 0 Å². The van der Waals surface area contributed by atoms with Gasteiger partial charge in [-0.1, -0.05) is 35.9 Å². The van der Waals surface area contributed by atoms with Gasteiger partial charge in [-0.3, -0.25) is 0 Å². The summed E-state index contributed by atoms with van der Waals surface area (Å²) in [4.78, 5) is 1.22. The third-order valence-electron chi connectivity index (χ3n) is 3.36. The van der Waals surface area contributed by atoms with Gasteiger partial charge >= 0.3 is 0 Å². The molecule has 1 heterocycles. The molecular formula is C17H16N4S2. The number of aryl methyl sites for hydroxylation is 1. The quantitative estimate of drug-likeness (QED) is 0.431. The summed E-state index contributed by atoms with van der Waals surface area (Å²) in [6.07, 6.45) is 3.84. The van der Waals surface area contributed by atoms with Crippen molar-refractivity contribution in [2.75, 3.05) is 6.26 Å². The number of aromatic nitrogens is 3. The van der Waals surface area contributed by atoms with Crippen LogP contribution in [0.25, 0.3) is 11.4 Å². The zero-order valence-corrected chi connectivity index (χ0v) is 14.5. The molecule has 0 saturated carbocycles. The highest BCUT2D eigenvalue weighted by atomic mass is 32.2. The Kier molecular flexibility index (Phi) is 4.73. The topological polar surface area (TPSA) is 46.0 Å². The molecule has 0 unspecified atom stereocenters. The second kappa shape index (κ2) is 6.93. The average Bonchev–Trinajstić information content (AvgIpc) is 2.94. The van der Waals surface area contributed by atoms with Gasteiger partial charge < -0.3 is 0 Å². The Bertz CT molecular complexity index is 891. The molecule has 3 rings (SSSR count). The second-order valence-electron chi connectivity index (χ2n) is 5.05. The first-order chi connectivity index (χ1) is 11.2. The van der Waals surface area contributed by atoms with E-state index in [1.807, 2.05) is 37.3 Å². The number of hydrogen-bond donors (Lipinski definition) is 1. The molecule has 1 aromatic heterocycles. The fraction of sp³-hybridized carbons (Fsp3) is 0.118. The number of nitrogens with zero attached hydrogens (tertiary/aromatic N) is 3. The van der Waals surface area contributed by atoms with Crippen LogP contribution in [0.1, 0.15) is 11.1 Å². The van der Waals surface area contributed by atoms with E-state index in [0.717, 1.165) is 11.1 Å². The molecule has 3 aromatic rings. The van der Waals surface area contributed by atoms with Crippen molar-refractivity contribution in [3.8, 4) is 11.4 Å². The Morgan fingerprint density at radius 1 is 1.22 bits per heavy atom. The number of hydrogen-bond acceptors (Lipinski definition) is 4. The summed E-state index contributed by atoms with van der Waals surface area (Å²) in [5.41, 5.74) is 3.16. The Morgan fingerprint density at radius 2 is 2.00 bits per heavy atom. The lowest BCUT2D eigenvalue weighted by Gasteiger charge is -2.02. The molecule has 0 spiro atoms. The van der Waals surface area contributed by atoms with Gasteiger partial charge in [0.05, 0.1) is 6.21 Å². The van der Waals surface area contributed by atoms with E-state index in [2.05, 4.69) is 39.8 Å². The van der Waals surface area contributed by atoms with Crippen molar-refractivity contribution in [1.82, 2.24) is 14.9 Å². The molecule has 4 nitrogen and oxygen atoms in total. The summed E-state index contributed by atoms with van der Waals surface area (Å²) in [6, 6.07) is 16.3. The van der Waals surface area contributed by atoms with Crippen LogP contribution in [0, 0.1) is 11.7 Å². The molecule has 0 aliphatic heterocycles. The van der Waals surface area contributed by atoms with E-state index in [9.17, 15) is 0 Å². The van der Waals surface area contributed by atoms with Gasteiger partial charge in [-0.05, 0) is 49.2 Å². The van der Waals surface area contributed by atoms with Crippen molar-refractivity contribution in [1.29, 1.82) is 0 Å². The molecule has 0 radical (unpaired) electrons. The van der Waals surface area contributed by atoms with Gasteiger partial charge in [0, 0.05) is 10.5 Å². The maximum absolute atomic E-state index is 5.29. The molecule has 0 amide bonds. The van der Waals surface area contributed by atoms with Gasteiger partial charge in [0.15, 0.2) is 5.82 Å². The number of rotatable bonds is 4. The highest BCUT2D eigenvalue weighted by Crippen LogP contribution is 2.18. The number of nitrogens with one attached hydrogen (secondary N) is 1. The van der Waals surface area contributed by atoms with E-state index in [0.29, 0.717) is 10.6 Å². The Morgan fingerprint density at radius 3 is 2.70 bits per heavy atom. The van der Waals surface area contributed by atoms with Gasteiger partial charge in [0.25, 0.3) is 0 Å². The molecule has 6 heteroatoms. The summed E-state index contributed by atoms with van der Waals surface area (Å²) in [7, 11) is 0. The first-order valence-corrected chi connectivity index (χ1v) is 8.73. The molecule has 1 N–H and O–H groups in total. The Balaban J connectivity index is 1.95. The summed E-state index contributed by atoms with van der Waals surface area (Å²) in [5, 5.41) is 11.6. The predicted molar refractivity (Wildman–Crippen MR) is 98.8 cm³/mol. The number of benzene rings is 2. The zero-order chi connectivity index (χ0) is 16.2. The standard InChI is InChI=1S/C17H16N4S2/c1-12-4-3-5-14(10-12)16-19-20-17(22)21(16)18-11-13-6-8-15(23-2)9-7-13/h3-11H,1-2H3,(H,20,22)/b18-11+. The van der Waals surface area contributed by atoms with Gasteiger partial charge in [0.2, 0.25) is 4.77 Å². The highest BCUT2D eigenvalue weighted by Gasteiger charge is 2.07. The monoisotopic (exact) mass is 340 g/mol. The first-order valence-electron chi connectivity index (χ1n) is 7.10. The SMILES string of the molecule is CSc1ccc(/C=N/n2c(-c3cccc(C)c3)n[nH]c2=S)cc1. The van der Waals surface area contributed by atoms with E-state index in [1.54, 1.807) is 22.7 Å². The van der Waals surface area contributed by atoms with Crippen molar-refractivity contribution in [2.24, 2.45) is 5.10 Å². The van der Waals surface area contributed by atoms with E-state index in [1.165, 1.54) is 10.5 Å². The van der Waals surface area contributed by atoms with Crippen molar-refractivity contribution in [3.63, 3.8) is 0 Å². The molecule has 0 bridgehead atoms. The van der Waals surface area contributed by atoms with E-state index >= 15 is 0 Å². The van der Waals surface area contributed by atoms with Crippen LogP contribution < -0.4 is 0 Å². The van der Waals surface area contributed by atoms with Crippen molar-refractivity contribution >= 4 is 30.2 Å². The normalized spacial score (nSPS) is 11.2. The van der Waals surface area contributed by atoms with E-state index in [-0.39, 0.29) is 0 Å². The molecule has 2 aromatic carbocycles. The van der Waals surface area contributed by atoms with Crippen LogP contribution in [0.2, 0.25) is 0 Å². The summed E-state index contributed by atoms with van der Waals surface area (Å²) in [5.74, 6) is 0.704. The molecule has 0 fully saturated rings. The van der Waals surface area contributed by atoms with Gasteiger partial charge in [0.1, 0.15) is 0 Å². The smallest absolute Gasteiger partial charge is 0.216 e. The van der Waals surface area contributed by atoms with Gasteiger partial charge in [-0.2, -0.15) is 14.9 Å². The third-order valence-corrected chi connectivity index (χ3v) is 4.37.